The average molecular weight is 1970 g/mol. The van der Waals surface area contributed by atoms with Gasteiger partial charge in [-0.15, -0.1) is 11.6 Å². The molecule has 732 valence electrons. The van der Waals surface area contributed by atoms with Crippen LogP contribution in [0, 0.1) is 83.5 Å². The van der Waals surface area contributed by atoms with Gasteiger partial charge in [0.05, 0.1) is 172 Å². The molecule has 137 heavy (non-hydrogen) atoms. The van der Waals surface area contributed by atoms with E-state index in [0.717, 1.165) is 160 Å². The molecule has 0 bridgehead atoms. The summed E-state index contributed by atoms with van der Waals surface area (Å²) in [7, 11) is 22.1. The molecule has 0 saturated heterocycles. The normalized spacial score (nSPS) is 10.4. The number of carboxylic acid groups (broad SMARTS) is 2. The second kappa shape index (κ2) is 55.6. The molecule has 38 nitrogen and oxygen atoms in total. The lowest BCUT2D eigenvalue weighted by atomic mass is 10.1. The van der Waals surface area contributed by atoms with Crippen molar-refractivity contribution in [2.24, 2.45) is 19.8 Å². The fourth-order valence-electron chi connectivity index (χ4n) is 12.5. The Labute approximate surface area is 807 Å². The van der Waals surface area contributed by atoms with Gasteiger partial charge in [-0.1, -0.05) is 50.6 Å². The molecule has 7 aromatic carbocycles. The van der Waals surface area contributed by atoms with E-state index in [9.17, 15) is 72.7 Å². The number of carbonyl (C=O) groups excluding carboxylic acids is 5. The molecule has 44 heteroatoms. The van der Waals surface area contributed by atoms with E-state index in [1.54, 1.807) is 120 Å². The van der Waals surface area contributed by atoms with Crippen LogP contribution in [0.4, 0.5) is 48.6 Å². The summed E-state index contributed by atoms with van der Waals surface area (Å²) in [4.78, 5) is 132. The van der Waals surface area contributed by atoms with Crippen LogP contribution in [-0.2, 0) is 61.6 Å². The number of rotatable bonds is 22. The first-order chi connectivity index (χ1) is 64.1. The number of likely N-dealkylation sites (N-methyl/N-ethyl adjacent to an activating group) is 1. The largest absolute Gasteiger partial charge is 0.496 e. The number of thiocarbonyl (C=S) groups is 1. The van der Waals surface area contributed by atoms with Crippen LogP contribution in [0.3, 0.4) is 0 Å². The van der Waals surface area contributed by atoms with E-state index in [0.29, 0.717) is 57.0 Å². The molecule has 0 aliphatic carbocycles. The van der Waals surface area contributed by atoms with E-state index in [-0.39, 0.29) is 60.7 Å². The molecule has 6 heterocycles. The number of anilines is 4. The minimum absolute atomic E-state index is 0. The van der Waals surface area contributed by atoms with E-state index < -0.39 is 61.7 Å². The van der Waals surface area contributed by atoms with Crippen molar-refractivity contribution in [2.75, 3.05) is 106 Å². The number of aromatic carboxylic acids is 2. The van der Waals surface area contributed by atoms with Gasteiger partial charge < -0.3 is 84.2 Å². The summed E-state index contributed by atoms with van der Waals surface area (Å²) in [5.74, 6) is -2.29. The number of esters is 5. The highest BCUT2D eigenvalue weighted by molar-refractivity contribution is 7.98. The molecule has 0 unspecified atom stereocenters. The number of nitro groups is 3. The molecule has 12 aromatic rings. The number of nitrogens with zero attached hydrogens (tertiary/aromatic N) is 11. The molecule has 5 aromatic heterocycles. The standard InChI is InChI=1S/C19H21N3O3S.C18H19N3O3S.C11H11NO2S.C9H12ClNO.C9H10N2O4.C9H12N2O2.C8H6FNO4.C7H4FNO4.CH5N.2CH4/c1-11-9-20-15(12(2)17(11)24-4)10-26-19-21-14-8-13(18(23)25-5)6-7-16(14)22(19)3;1-10-8-19-14(11(2)16(10)24-4)9-25-18-20-13-7-12(17(22)23)5-6-15(13)21(18)3;1-12-9-4-3-7(11(13)14-2)5-8(9)6-10(12)15;1-6-5-11-8(4-10)7(2)9(6)12-3;1-10-7-4-3-6(9(12)15-2)5-8(7)11(13)14;1-11-8-4-3-6(5-7(8)10)9(12)13-2;1-14-8(11)5-2-3-6(9)7(4-5)10(12)13;8-5-2-1-4(7(10)11)3-6(5)9(12)13;1-2;;/h6-9H,10H2,1-5H3;5-8H,9H2,1-4H3,(H,22,23);3-5H,6H2,1-2H3;5H,4H2,1-3H3;3-5,10H,1-2H3;3-5,11H,10H2,1-2H3;2-4H,1H3;1-3H,(H,10,11);2H2,1H3;2*1H4. The molecule has 0 fully saturated rings. The number of thioether (sulfide) groups is 2. The number of benzene rings is 7. The van der Waals surface area contributed by atoms with E-state index in [4.69, 9.17) is 58.7 Å². The number of fused-ring (bicyclic) bond motifs is 3. The molecule has 13 rings (SSSR count). The summed E-state index contributed by atoms with van der Waals surface area (Å²) in [5.41, 5.74) is 26.1. The highest BCUT2D eigenvalue weighted by Crippen LogP contribution is 2.36. The number of hydrogen-bond acceptors (Lipinski definition) is 33. The minimum Gasteiger partial charge on any atom is -0.496 e. The zero-order valence-electron chi connectivity index (χ0n) is 77.1. The SMILES string of the molecule is C.C.CN.CNc1ccc(C(=O)OC)cc1N.CNc1ccc(C(=O)OC)cc1[N+](=O)[O-].COC(=O)c1ccc(F)c([N+](=O)[O-])c1.COC(=O)c1ccc2c(c1)CC(=S)N2C.COC(=O)c1ccc2c(c1)nc(SCc1ncc(C)c(OC)c1C)n2C.COc1c(C)cnc(CCl)c1C.COc1c(C)cnc(CSc2nc3cc(C(=O)O)ccc3n2C)c1C.O=C(O)c1ccc(F)c([N+](=O)[O-])c1. The number of nitrogen functional groups attached to an aromatic ring is 1. The van der Waals surface area contributed by atoms with Crippen LogP contribution in [0.2, 0.25) is 0 Å². The van der Waals surface area contributed by atoms with Gasteiger partial charge >= 0.3 is 53.2 Å². The summed E-state index contributed by atoms with van der Waals surface area (Å²) in [6.45, 7) is 11.9. The smallest absolute Gasteiger partial charge is 0.338 e. The number of aryl methyl sites for hydroxylation is 5. The first-order valence-corrected chi connectivity index (χ1v) is 42.5. The van der Waals surface area contributed by atoms with Crippen LogP contribution in [0.15, 0.2) is 156 Å². The monoisotopic (exact) mass is 1970 g/mol. The average Bonchev–Trinajstić information content (AvgIpc) is 1.65. The van der Waals surface area contributed by atoms with Gasteiger partial charge in [0, 0.05) is 129 Å². The fraction of sp³-hybridized carbons (Fsp3) is 0.280. The number of carboxylic acids is 2. The molecule has 0 spiro atoms. The van der Waals surface area contributed by atoms with Crippen molar-refractivity contribution in [1.29, 1.82) is 0 Å². The minimum atomic E-state index is -1.33. The van der Waals surface area contributed by atoms with Gasteiger partial charge in [-0.3, -0.25) is 45.3 Å². The number of carbonyl (C=O) groups is 7. The van der Waals surface area contributed by atoms with Gasteiger partial charge in [0.15, 0.2) is 10.3 Å². The summed E-state index contributed by atoms with van der Waals surface area (Å²) in [6.07, 6.45) is 6.16. The number of imidazole rings is 2. The number of alkyl halides is 1. The zero-order valence-corrected chi connectivity index (χ0v) is 80.3. The molecular weight excluding hydrogens is 1860 g/mol. The number of nitrogens with one attached hydrogen (secondary N) is 2. The highest BCUT2D eigenvalue weighted by atomic mass is 35.5. The second-order valence-electron chi connectivity index (χ2n) is 27.8. The van der Waals surface area contributed by atoms with Gasteiger partial charge in [0.2, 0.25) is 11.6 Å². The first-order valence-electron chi connectivity index (χ1n) is 39.6. The lowest BCUT2D eigenvalue weighted by molar-refractivity contribution is -0.387. The van der Waals surface area contributed by atoms with Gasteiger partial charge in [0.1, 0.15) is 22.9 Å². The quantitative estimate of drug-likeness (QED) is 0.00536. The number of nitro benzene ring substituents is 3. The van der Waals surface area contributed by atoms with Crippen LogP contribution < -0.4 is 41.2 Å². The Kier molecular flexibility index (Phi) is 47.1. The Hall–Kier alpha value is -15.1. The third kappa shape index (κ3) is 31.0. The van der Waals surface area contributed by atoms with E-state index in [2.05, 4.69) is 60.2 Å². The number of ether oxygens (including phenoxy) is 8. The maximum absolute atomic E-state index is 12.8. The van der Waals surface area contributed by atoms with E-state index in [1.165, 1.54) is 53.7 Å². The molecule has 0 saturated carbocycles. The number of pyridine rings is 3. The summed E-state index contributed by atoms with van der Waals surface area (Å²) in [5, 5.41) is 55.9. The van der Waals surface area contributed by atoms with Crippen molar-refractivity contribution in [3.05, 3.63) is 283 Å². The molecule has 0 radical (unpaired) electrons. The fourth-order valence-corrected chi connectivity index (χ4v) is 15.0. The van der Waals surface area contributed by atoms with Crippen LogP contribution in [0.1, 0.15) is 143 Å². The number of nitrogens with two attached hydrogens (primary N) is 2. The van der Waals surface area contributed by atoms with Crippen LogP contribution >= 0.6 is 47.3 Å². The summed E-state index contributed by atoms with van der Waals surface area (Å²) in [6, 6.07) is 30.2. The van der Waals surface area contributed by atoms with Crippen molar-refractivity contribution in [2.45, 2.75) is 90.5 Å². The summed E-state index contributed by atoms with van der Waals surface area (Å²) >= 11 is 14.1. The highest BCUT2D eigenvalue weighted by Gasteiger charge is 2.25. The zero-order chi connectivity index (χ0) is 101. The third-order valence-electron chi connectivity index (χ3n) is 19.6. The van der Waals surface area contributed by atoms with Crippen molar-refractivity contribution in [3.8, 4) is 17.2 Å². The van der Waals surface area contributed by atoms with Crippen LogP contribution in [0.5, 0.6) is 17.2 Å². The Bertz CT molecular complexity index is 6370. The van der Waals surface area contributed by atoms with Crippen molar-refractivity contribution in [3.63, 3.8) is 0 Å². The van der Waals surface area contributed by atoms with Crippen molar-refractivity contribution >= 4 is 156 Å². The Balaban J connectivity index is 0.000000408. The van der Waals surface area contributed by atoms with Gasteiger partial charge in [0.25, 0.3) is 5.69 Å². The number of aromatic nitrogens is 7. The Morgan fingerprint density at radius 1 is 0.474 bits per heavy atom. The topological polar surface area (TPSA) is 517 Å². The molecule has 1 aliphatic heterocycles. The third-order valence-corrected chi connectivity index (χ3v) is 22.3. The van der Waals surface area contributed by atoms with Crippen LogP contribution in [0.25, 0.3) is 22.1 Å². The molecule has 0 atom stereocenters. The predicted octanol–water partition coefficient (Wildman–Crippen LogP) is 17.8. The predicted molar refractivity (Wildman–Crippen MR) is 525 cm³/mol. The van der Waals surface area contributed by atoms with Crippen molar-refractivity contribution in [1.82, 2.24) is 34.1 Å². The van der Waals surface area contributed by atoms with Crippen LogP contribution in [-0.4, -0.2) is 191 Å². The first kappa shape index (κ1) is 116. The Morgan fingerprint density at radius 2 is 0.788 bits per heavy atom. The van der Waals surface area contributed by atoms with Gasteiger partial charge in [-0.05, 0) is 163 Å². The lowest BCUT2D eigenvalue weighted by Crippen LogP contribution is -2.18. The van der Waals surface area contributed by atoms with E-state index >= 15 is 0 Å². The number of methoxy groups -OCH3 is 8. The molecule has 0 amide bonds. The molecule has 8 N–H and O–H groups in total. The number of halogens is 3. The summed E-state index contributed by atoms with van der Waals surface area (Å²) < 4.78 is 68.3. The van der Waals surface area contributed by atoms with Crippen molar-refractivity contribution < 1.29 is 105 Å². The maximum Gasteiger partial charge on any atom is 0.338 e. The number of hydrogen-bond donors (Lipinski definition) is 6. The lowest BCUT2D eigenvalue weighted by Gasteiger charge is -2.11. The Morgan fingerprint density at radius 3 is 1.16 bits per heavy atom. The maximum atomic E-state index is 12.8. The van der Waals surface area contributed by atoms with E-state index in [1.807, 2.05) is 107 Å². The second-order valence-corrected chi connectivity index (χ2v) is 30.5. The van der Waals surface area contributed by atoms with Gasteiger partial charge in [-0.2, -0.15) is 8.78 Å². The molecule has 1 aliphatic rings. The van der Waals surface area contributed by atoms with Gasteiger partial charge in [-0.25, -0.2) is 43.5 Å². The molecular formula is C93H108ClF2N15O23S3.